The Bertz CT molecular complexity index is 1130. The molecular weight excluding hydrogens is 340 g/mol. The number of aryl methyl sites for hydroxylation is 2. The molecule has 2 aromatic heterocycles. The maximum Gasteiger partial charge on any atom is 0.323 e. The zero-order valence-electron chi connectivity index (χ0n) is 15.0. The summed E-state index contributed by atoms with van der Waals surface area (Å²) in [6.07, 6.45) is 1.55. The predicted molar refractivity (Wildman–Crippen MR) is 105 cm³/mol. The first-order valence-corrected chi connectivity index (χ1v) is 8.51. The van der Waals surface area contributed by atoms with Crippen LogP contribution in [-0.2, 0) is 0 Å². The average Bonchev–Trinajstić information content (AvgIpc) is 3.12. The van der Waals surface area contributed by atoms with Crippen molar-refractivity contribution in [1.82, 2.24) is 19.8 Å². The Morgan fingerprint density at radius 1 is 1.00 bits per heavy atom. The van der Waals surface area contributed by atoms with Crippen LogP contribution in [0.1, 0.15) is 11.1 Å². The highest BCUT2D eigenvalue weighted by Gasteiger charge is 2.08. The van der Waals surface area contributed by atoms with E-state index >= 15 is 0 Å². The molecule has 0 saturated heterocycles. The van der Waals surface area contributed by atoms with E-state index in [0.29, 0.717) is 11.3 Å². The molecule has 0 aliphatic rings. The molecule has 4 rings (SSSR count). The van der Waals surface area contributed by atoms with Gasteiger partial charge in [-0.3, -0.25) is 0 Å². The second kappa shape index (κ2) is 6.87. The molecule has 0 aliphatic heterocycles. The Balaban J connectivity index is 1.53. The number of fused-ring (bicyclic) bond motifs is 1. The first-order valence-electron chi connectivity index (χ1n) is 8.51. The van der Waals surface area contributed by atoms with Crippen LogP contribution in [0.5, 0.6) is 0 Å². The van der Waals surface area contributed by atoms with Crippen LogP contribution < -0.4 is 10.6 Å². The summed E-state index contributed by atoms with van der Waals surface area (Å²) in [5.74, 6) is 0. The summed E-state index contributed by atoms with van der Waals surface area (Å²) >= 11 is 0. The maximum absolute atomic E-state index is 12.4. The SMILES string of the molecule is Cc1ccc(C)c(NC(=O)Nc2cccc(-c3ccc4nncn4n3)c2)c1. The van der Waals surface area contributed by atoms with Crippen LogP contribution in [0.15, 0.2) is 60.9 Å². The molecule has 27 heavy (non-hydrogen) atoms. The Morgan fingerprint density at radius 3 is 2.78 bits per heavy atom. The van der Waals surface area contributed by atoms with Gasteiger partial charge in [0.2, 0.25) is 0 Å². The van der Waals surface area contributed by atoms with Gasteiger partial charge in [-0.2, -0.15) is 9.61 Å². The van der Waals surface area contributed by atoms with Gasteiger partial charge < -0.3 is 10.6 Å². The van der Waals surface area contributed by atoms with Crippen LogP contribution in [0, 0.1) is 13.8 Å². The van der Waals surface area contributed by atoms with Gasteiger partial charge in [0.15, 0.2) is 5.65 Å². The number of nitrogens with zero attached hydrogens (tertiary/aromatic N) is 4. The third-order valence-electron chi connectivity index (χ3n) is 4.22. The molecule has 0 fully saturated rings. The highest BCUT2D eigenvalue weighted by Crippen LogP contribution is 2.22. The number of hydrogen-bond acceptors (Lipinski definition) is 4. The lowest BCUT2D eigenvalue weighted by atomic mass is 10.1. The number of anilines is 2. The summed E-state index contributed by atoms with van der Waals surface area (Å²) in [7, 11) is 0. The van der Waals surface area contributed by atoms with E-state index in [1.54, 1.807) is 10.8 Å². The Morgan fingerprint density at radius 2 is 1.89 bits per heavy atom. The molecular formula is C20H18N6O. The quantitative estimate of drug-likeness (QED) is 0.579. The molecule has 2 amide bonds. The number of nitrogens with one attached hydrogen (secondary N) is 2. The minimum Gasteiger partial charge on any atom is -0.308 e. The lowest BCUT2D eigenvalue weighted by Gasteiger charge is -2.11. The summed E-state index contributed by atoms with van der Waals surface area (Å²) in [5, 5.41) is 18.0. The number of rotatable bonds is 3. The fraction of sp³-hybridized carbons (Fsp3) is 0.100. The molecule has 2 heterocycles. The smallest absolute Gasteiger partial charge is 0.308 e. The predicted octanol–water partition coefficient (Wildman–Crippen LogP) is 4.05. The van der Waals surface area contributed by atoms with Crippen LogP contribution in [0.25, 0.3) is 16.9 Å². The van der Waals surface area contributed by atoms with Crippen molar-refractivity contribution in [3.63, 3.8) is 0 Å². The van der Waals surface area contributed by atoms with E-state index in [4.69, 9.17) is 0 Å². The third-order valence-corrected chi connectivity index (χ3v) is 4.22. The van der Waals surface area contributed by atoms with Gasteiger partial charge in [-0.05, 0) is 55.3 Å². The van der Waals surface area contributed by atoms with Gasteiger partial charge >= 0.3 is 6.03 Å². The van der Waals surface area contributed by atoms with E-state index in [2.05, 4.69) is 25.9 Å². The van der Waals surface area contributed by atoms with Crippen LogP contribution in [0.3, 0.4) is 0 Å². The monoisotopic (exact) mass is 358 g/mol. The zero-order valence-corrected chi connectivity index (χ0v) is 15.0. The minimum absolute atomic E-state index is 0.289. The van der Waals surface area contributed by atoms with E-state index in [-0.39, 0.29) is 6.03 Å². The van der Waals surface area contributed by atoms with Crippen molar-refractivity contribution in [3.8, 4) is 11.3 Å². The number of aromatic nitrogens is 4. The highest BCUT2D eigenvalue weighted by molar-refractivity contribution is 6.00. The number of carbonyl (C=O) groups excluding carboxylic acids is 1. The van der Waals surface area contributed by atoms with Crippen LogP contribution in [0.2, 0.25) is 0 Å². The molecule has 2 N–H and O–H groups in total. The molecule has 0 bridgehead atoms. The van der Waals surface area contributed by atoms with Crippen molar-refractivity contribution in [2.75, 3.05) is 10.6 Å². The van der Waals surface area contributed by atoms with Gasteiger partial charge in [-0.15, -0.1) is 10.2 Å². The zero-order chi connectivity index (χ0) is 18.8. The first kappa shape index (κ1) is 16.7. The highest BCUT2D eigenvalue weighted by atomic mass is 16.2. The molecule has 2 aromatic carbocycles. The van der Waals surface area contributed by atoms with Crippen molar-refractivity contribution >= 4 is 23.1 Å². The van der Waals surface area contributed by atoms with Crippen molar-refractivity contribution in [1.29, 1.82) is 0 Å². The van der Waals surface area contributed by atoms with Crippen LogP contribution in [-0.4, -0.2) is 25.8 Å². The molecule has 7 heteroatoms. The maximum atomic E-state index is 12.4. The van der Waals surface area contributed by atoms with Gasteiger partial charge in [-0.1, -0.05) is 24.3 Å². The molecule has 0 spiro atoms. The fourth-order valence-corrected chi connectivity index (χ4v) is 2.79. The average molecular weight is 358 g/mol. The summed E-state index contributed by atoms with van der Waals surface area (Å²) in [6.45, 7) is 3.95. The summed E-state index contributed by atoms with van der Waals surface area (Å²) in [6, 6.07) is 16.9. The number of urea groups is 1. The van der Waals surface area contributed by atoms with E-state index in [1.807, 2.05) is 68.4 Å². The summed E-state index contributed by atoms with van der Waals surface area (Å²) in [4.78, 5) is 12.4. The number of amides is 2. The molecule has 134 valence electrons. The fourth-order valence-electron chi connectivity index (χ4n) is 2.79. The number of hydrogen-bond donors (Lipinski definition) is 2. The topological polar surface area (TPSA) is 84.2 Å². The number of carbonyl (C=O) groups is 1. The van der Waals surface area contributed by atoms with Crippen molar-refractivity contribution < 1.29 is 4.79 Å². The number of benzene rings is 2. The van der Waals surface area contributed by atoms with E-state index in [0.717, 1.165) is 28.1 Å². The van der Waals surface area contributed by atoms with Crippen LogP contribution in [0.4, 0.5) is 16.2 Å². The second-order valence-corrected chi connectivity index (χ2v) is 6.33. The van der Waals surface area contributed by atoms with E-state index in [9.17, 15) is 4.79 Å². The summed E-state index contributed by atoms with van der Waals surface area (Å²) < 4.78 is 1.61. The van der Waals surface area contributed by atoms with Crippen molar-refractivity contribution in [2.45, 2.75) is 13.8 Å². The molecule has 0 aliphatic carbocycles. The molecule has 0 atom stereocenters. The van der Waals surface area contributed by atoms with Gasteiger partial charge in [0.1, 0.15) is 6.33 Å². The molecule has 4 aromatic rings. The van der Waals surface area contributed by atoms with Gasteiger partial charge in [0, 0.05) is 16.9 Å². The lowest BCUT2D eigenvalue weighted by molar-refractivity contribution is 0.262. The normalized spacial score (nSPS) is 10.7. The minimum atomic E-state index is -0.289. The van der Waals surface area contributed by atoms with Crippen molar-refractivity contribution in [3.05, 3.63) is 72.1 Å². The summed E-state index contributed by atoms with van der Waals surface area (Å²) in [5.41, 5.74) is 5.91. The molecule has 0 radical (unpaired) electrons. The van der Waals surface area contributed by atoms with Gasteiger partial charge in [0.25, 0.3) is 0 Å². The second-order valence-electron chi connectivity index (χ2n) is 6.33. The van der Waals surface area contributed by atoms with Gasteiger partial charge in [-0.25, -0.2) is 4.79 Å². The first-order chi connectivity index (χ1) is 13.1. The van der Waals surface area contributed by atoms with Gasteiger partial charge in [0.05, 0.1) is 5.69 Å². The Labute approximate surface area is 156 Å². The molecule has 0 saturated carbocycles. The lowest BCUT2D eigenvalue weighted by Crippen LogP contribution is -2.20. The van der Waals surface area contributed by atoms with E-state index < -0.39 is 0 Å². The van der Waals surface area contributed by atoms with Crippen LogP contribution >= 0.6 is 0 Å². The Hall–Kier alpha value is -3.74. The largest absolute Gasteiger partial charge is 0.323 e. The third kappa shape index (κ3) is 3.62. The van der Waals surface area contributed by atoms with Crippen molar-refractivity contribution in [2.24, 2.45) is 0 Å². The molecule has 7 nitrogen and oxygen atoms in total. The Kier molecular flexibility index (Phi) is 4.25. The standard InChI is InChI=1S/C20H18N6O/c1-13-6-7-14(2)18(10-13)23-20(27)22-16-5-3-4-15(11-16)17-8-9-19-24-21-12-26(19)25-17/h3-12H,1-2H3,(H2,22,23,27). The molecule has 0 unspecified atom stereocenters. The van der Waals surface area contributed by atoms with E-state index in [1.165, 1.54) is 0 Å².